The molecule has 0 N–H and O–H groups in total. The summed E-state index contributed by atoms with van der Waals surface area (Å²) in [6.07, 6.45) is -2.10. The van der Waals surface area contributed by atoms with Gasteiger partial charge in [0, 0.05) is 38.6 Å². The Hall–Kier alpha value is -2.54. The predicted molar refractivity (Wildman–Crippen MR) is 116 cm³/mol. The van der Waals surface area contributed by atoms with Crippen LogP contribution >= 0.6 is 0 Å². The highest BCUT2D eigenvalue weighted by atomic mass is 19.4. The van der Waals surface area contributed by atoms with Gasteiger partial charge in [0.05, 0.1) is 12.2 Å². The minimum Gasteiger partial charge on any atom is -0.494 e. The third kappa shape index (κ3) is 5.26. The lowest BCUT2D eigenvalue weighted by atomic mass is 9.83. The van der Waals surface area contributed by atoms with Crippen molar-refractivity contribution in [2.75, 3.05) is 19.7 Å². The van der Waals surface area contributed by atoms with E-state index in [9.17, 15) is 18.0 Å². The molecule has 2 fully saturated rings. The van der Waals surface area contributed by atoms with Gasteiger partial charge >= 0.3 is 6.18 Å². The van der Waals surface area contributed by atoms with Crippen LogP contribution in [0.25, 0.3) is 0 Å². The van der Waals surface area contributed by atoms with Gasteiger partial charge in [-0.3, -0.25) is 9.69 Å². The maximum Gasteiger partial charge on any atom is 0.416 e. The van der Waals surface area contributed by atoms with Gasteiger partial charge in [-0.25, -0.2) is 0 Å². The normalized spacial score (nSPS) is 22.0. The first kappa shape index (κ1) is 22.6. The summed E-state index contributed by atoms with van der Waals surface area (Å²) in [5, 5.41) is 0. The summed E-state index contributed by atoms with van der Waals surface area (Å²) in [6, 6.07) is 13.5. The molecule has 2 aliphatic heterocycles. The highest BCUT2D eigenvalue weighted by Gasteiger charge is 2.39. The fraction of sp³-hybridized carbons (Fsp3) is 0.480. The molecule has 32 heavy (non-hydrogen) atoms. The van der Waals surface area contributed by atoms with Crippen molar-refractivity contribution in [3.8, 4) is 5.75 Å². The van der Waals surface area contributed by atoms with E-state index in [1.165, 1.54) is 17.7 Å². The molecule has 7 heteroatoms. The van der Waals surface area contributed by atoms with Crippen LogP contribution in [0.2, 0.25) is 0 Å². The molecule has 0 unspecified atom stereocenters. The molecule has 2 aromatic rings. The predicted octanol–water partition coefficient (Wildman–Crippen LogP) is 5.12. The monoisotopic (exact) mass is 446 g/mol. The summed E-state index contributed by atoms with van der Waals surface area (Å²) in [7, 11) is 0. The number of likely N-dealkylation sites (tertiary alicyclic amines) is 2. The van der Waals surface area contributed by atoms with Crippen molar-refractivity contribution >= 4 is 5.91 Å². The number of carbonyl (C=O) groups is 1. The van der Waals surface area contributed by atoms with Crippen molar-refractivity contribution in [2.24, 2.45) is 5.92 Å². The van der Waals surface area contributed by atoms with Gasteiger partial charge in [0.25, 0.3) is 0 Å². The van der Waals surface area contributed by atoms with Crippen molar-refractivity contribution in [3.63, 3.8) is 0 Å². The van der Waals surface area contributed by atoms with E-state index in [0.717, 1.165) is 55.9 Å². The Morgan fingerprint density at radius 3 is 2.28 bits per heavy atom. The minimum atomic E-state index is -4.35. The molecule has 0 bridgehead atoms. The van der Waals surface area contributed by atoms with Crippen LogP contribution < -0.4 is 4.74 Å². The van der Waals surface area contributed by atoms with E-state index >= 15 is 0 Å². The Balaban J connectivity index is 1.38. The van der Waals surface area contributed by atoms with E-state index in [1.807, 2.05) is 24.0 Å². The number of halogens is 3. The van der Waals surface area contributed by atoms with Gasteiger partial charge in [-0.2, -0.15) is 13.2 Å². The molecule has 2 aliphatic rings. The topological polar surface area (TPSA) is 32.8 Å². The number of amides is 1. The highest BCUT2D eigenvalue weighted by Crippen LogP contribution is 2.34. The van der Waals surface area contributed by atoms with Crippen LogP contribution in [0.5, 0.6) is 5.75 Å². The Kier molecular flexibility index (Phi) is 6.74. The minimum absolute atomic E-state index is 0.103. The van der Waals surface area contributed by atoms with E-state index in [4.69, 9.17) is 4.74 Å². The molecule has 0 aromatic heterocycles. The first-order valence-electron chi connectivity index (χ1n) is 11.2. The number of nitrogens with zero attached hydrogens (tertiary/aromatic N) is 2. The molecule has 2 heterocycles. The number of benzene rings is 2. The quantitative estimate of drug-likeness (QED) is 0.618. The lowest BCUT2D eigenvalue weighted by molar-refractivity contribution is -0.142. The fourth-order valence-electron chi connectivity index (χ4n) is 4.89. The summed E-state index contributed by atoms with van der Waals surface area (Å²) in [5.41, 5.74) is 1.32. The molecule has 4 nitrogen and oxygen atoms in total. The average molecular weight is 447 g/mol. The smallest absolute Gasteiger partial charge is 0.416 e. The zero-order chi connectivity index (χ0) is 22.7. The molecular formula is C25H29F3N2O2. The summed E-state index contributed by atoms with van der Waals surface area (Å²) >= 11 is 0. The first-order valence-corrected chi connectivity index (χ1v) is 11.2. The van der Waals surface area contributed by atoms with E-state index in [1.54, 1.807) is 0 Å². The second-order valence-corrected chi connectivity index (χ2v) is 8.68. The van der Waals surface area contributed by atoms with Gasteiger partial charge in [0.2, 0.25) is 5.91 Å². The van der Waals surface area contributed by atoms with Crippen LogP contribution in [0.15, 0.2) is 48.5 Å². The molecule has 2 atom stereocenters. The Bertz CT molecular complexity index is 912. The third-order valence-corrected chi connectivity index (χ3v) is 6.50. The van der Waals surface area contributed by atoms with Gasteiger partial charge < -0.3 is 9.64 Å². The number of carbonyl (C=O) groups excluding carboxylic acids is 1. The lowest BCUT2D eigenvalue weighted by Crippen LogP contribution is -2.55. The summed E-state index contributed by atoms with van der Waals surface area (Å²) in [4.78, 5) is 17.0. The van der Waals surface area contributed by atoms with Crippen molar-refractivity contribution in [3.05, 3.63) is 65.2 Å². The number of ether oxygens (including phenoxy) is 1. The number of alkyl halides is 3. The molecule has 0 spiro atoms. The molecular weight excluding hydrogens is 417 g/mol. The summed E-state index contributed by atoms with van der Waals surface area (Å²) in [6.45, 7) is 5.67. The lowest BCUT2D eigenvalue weighted by Gasteiger charge is -2.47. The average Bonchev–Trinajstić information content (AvgIpc) is 2.77. The molecule has 0 aliphatic carbocycles. The van der Waals surface area contributed by atoms with Crippen molar-refractivity contribution in [1.82, 2.24) is 9.80 Å². The number of rotatable bonds is 6. The van der Waals surface area contributed by atoms with E-state index in [0.29, 0.717) is 25.5 Å². The number of fused-ring (bicyclic) bond motifs is 1. The van der Waals surface area contributed by atoms with Crippen LogP contribution in [-0.4, -0.2) is 41.4 Å². The molecule has 1 amide bonds. The van der Waals surface area contributed by atoms with Gasteiger partial charge in [-0.1, -0.05) is 24.3 Å². The van der Waals surface area contributed by atoms with E-state index in [-0.39, 0.29) is 11.9 Å². The van der Waals surface area contributed by atoms with Crippen LogP contribution in [0.4, 0.5) is 13.2 Å². The Morgan fingerprint density at radius 1 is 0.969 bits per heavy atom. The first-order chi connectivity index (χ1) is 15.3. The molecule has 2 aromatic carbocycles. The molecule has 172 valence electrons. The van der Waals surface area contributed by atoms with Crippen molar-refractivity contribution in [1.29, 1.82) is 0 Å². The molecule has 2 saturated heterocycles. The Labute approximate surface area is 187 Å². The van der Waals surface area contributed by atoms with Crippen LogP contribution in [-0.2, 0) is 24.1 Å². The highest BCUT2D eigenvalue weighted by molar-refractivity contribution is 5.77. The standard InChI is InChI=1S/C25H29F3N2O2/c1-2-32-22-10-5-18(6-11-22)15-29-14-13-23-20(17-29)7-12-24(31)30(23)16-19-3-8-21(9-4-19)25(26,27)28/h3-6,8-11,20,23H,2,7,12-17H2,1H3/t20-,23+/m0/s1. The molecule has 4 rings (SSSR count). The van der Waals surface area contributed by atoms with Gasteiger partial charge in [-0.15, -0.1) is 0 Å². The zero-order valence-electron chi connectivity index (χ0n) is 18.3. The summed E-state index contributed by atoms with van der Waals surface area (Å²) < 4.78 is 44.0. The maximum atomic E-state index is 12.8. The SMILES string of the molecule is CCOc1ccc(CN2CC[C@@H]3[C@@H](CCC(=O)N3Cc3ccc(C(F)(F)F)cc3)C2)cc1. The summed E-state index contributed by atoms with van der Waals surface area (Å²) in [5.74, 6) is 1.37. The van der Waals surface area contributed by atoms with Gasteiger partial charge in [0.1, 0.15) is 5.75 Å². The fourth-order valence-corrected chi connectivity index (χ4v) is 4.89. The van der Waals surface area contributed by atoms with Crippen molar-refractivity contribution in [2.45, 2.75) is 51.5 Å². The second kappa shape index (κ2) is 9.53. The largest absolute Gasteiger partial charge is 0.494 e. The maximum absolute atomic E-state index is 12.8. The van der Waals surface area contributed by atoms with Gasteiger partial charge in [0.15, 0.2) is 0 Å². The number of hydrogen-bond donors (Lipinski definition) is 0. The van der Waals surface area contributed by atoms with Crippen molar-refractivity contribution < 1.29 is 22.7 Å². The van der Waals surface area contributed by atoms with Crippen LogP contribution in [0, 0.1) is 5.92 Å². The number of hydrogen-bond acceptors (Lipinski definition) is 3. The second-order valence-electron chi connectivity index (χ2n) is 8.68. The van der Waals surface area contributed by atoms with Gasteiger partial charge in [-0.05, 0) is 61.1 Å². The zero-order valence-corrected chi connectivity index (χ0v) is 18.3. The van der Waals surface area contributed by atoms with E-state index in [2.05, 4.69) is 17.0 Å². The van der Waals surface area contributed by atoms with E-state index < -0.39 is 11.7 Å². The third-order valence-electron chi connectivity index (χ3n) is 6.50. The molecule has 0 saturated carbocycles. The van der Waals surface area contributed by atoms with Crippen LogP contribution in [0.1, 0.15) is 42.9 Å². The number of piperidine rings is 2. The molecule has 0 radical (unpaired) electrons. The van der Waals surface area contributed by atoms with Crippen LogP contribution in [0.3, 0.4) is 0 Å². The Morgan fingerprint density at radius 2 is 1.62 bits per heavy atom.